The maximum absolute atomic E-state index is 12.2. The maximum atomic E-state index is 12.2. The number of nitrogens with one attached hydrogen (secondary N) is 1. The van der Waals surface area contributed by atoms with E-state index in [4.69, 9.17) is 0 Å². The lowest BCUT2D eigenvalue weighted by molar-refractivity contribution is -0.140. The van der Waals surface area contributed by atoms with Crippen LogP contribution in [0.3, 0.4) is 0 Å². The van der Waals surface area contributed by atoms with Gasteiger partial charge in [-0.25, -0.2) is 0 Å². The highest BCUT2D eigenvalue weighted by molar-refractivity contribution is 5.81. The third-order valence-electron chi connectivity index (χ3n) is 3.72. The first-order chi connectivity index (χ1) is 8.65. The van der Waals surface area contributed by atoms with Crippen LogP contribution in [-0.4, -0.2) is 48.2 Å². The average molecular weight is 270 g/mol. The van der Waals surface area contributed by atoms with Gasteiger partial charge in [-0.15, -0.1) is 0 Å². The number of likely N-dealkylation sites (tertiary alicyclic amines) is 1. The second-order valence-electron chi connectivity index (χ2n) is 7.52. The quantitative estimate of drug-likeness (QED) is 0.816. The van der Waals surface area contributed by atoms with Gasteiger partial charge in [0.2, 0.25) is 5.91 Å². The molecule has 0 aromatic rings. The number of carbonyl (C=O) groups is 1. The molecule has 4 nitrogen and oxygen atoms in total. The molecule has 0 unspecified atom stereocenters. The van der Waals surface area contributed by atoms with Gasteiger partial charge in [0.15, 0.2) is 0 Å². The zero-order valence-corrected chi connectivity index (χ0v) is 13.1. The molecule has 1 fully saturated rings. The fourth-order valence-electron chi connectivity index (χ4n) is 2.24. The average Bonchev–Trinajstić information content (AvgIpc) is 2.35. The van der Waals surface area contributed by atoms with Crippen LogP contribution in [-0.2, 0) is 4.79 Å². The molecule has 4 heteroatoms. The summed E-state index contributed by atoms with van der Waals surface area (Å²) in [6.07, 6.45) is 2.01. The third-order valence-corrected chi connectivity index (χ3v) is 3.72. The molecule has 0 saturated carbocycles. The molecule has 0 aromatic carbocycles. The minimum Gasteiger partial charge on any atom is -0.396 e. The summed E-state index contributed by atoms with van der Waals surface area (Å²) in [7, 11) is 0. The molecule has 0 atom stereocenters. The fraction of sp³-hybridized carbons (Fsp3) is 0.933. The standard InChI is InChI=1S/C15H30N2O2/c1-14(2,3)13(19)17-8-6-12(7-9-17)16-10-15(4,5)11-18/h12,16,18H,6-11H2,1-5H3. The zero-order valence-electron chi connectivity index (χ0n) is 13.1. The summed E-state index contributed by atoms with van der Waals surface area (Å²) in [5, 5.41) is 12.7. The Morgan fingerprint density at radius 1 is 1.21 bits per heavy atom. The SMILES string of the molecule is CC(C)(CO)CNC1CCN(C(=O)C(C)(C)C)CC1. The van der Waals surface area contributed by atoms with Crippen molar-refractivity contribution in [3.05, 3.63) is 0 Å². The Bertz CT molecular complexity index is 300. The largest absolute Gasteiger partial charge is 0.396 e. The zero-order chi connectivity index (χ0) is 14.7. The van der Waals surface area contributed by atoms with E-state index in [9.17, 15) is 9.90 Å². The van der Waals surface area contributed by atoms with Gasteiger partial charge in [-0.05, 0) is 12.8 Å². The molecule has 1 saturated heterocycles. The second kappa shape index (κ2) is 6.23. The van der Waals surface area contributed by atoms with Crippen molar-refractivity contribution in [2.45, 2.75) is 53.5 Å². The molecule has 112 valence electrons. The van der Waals surface area contributed by atoms with Gasteiger partial charge < -0.3 is 15.3 Å². The second-order valence-corrected chi connectivity index (χ2v) is 7.52. The smallest absolute Gasteiger partial charge is 0.227 e. The maximum Gasteiger partial charge on any atom is 0.227 e. The number of nitrogens with zero attached hydrogens (tertiary/aromatic N) is 1. The van der Waals surface area contributed by atoms with Crippen molar-refractivity contribution in [1.82, 2.24) is 10.2 Å². The fourth-order valence-corrected chi connectivity index (χ4v) is 2.24. The molecule has 1 aliphatic rings. The van der Waals surface area contributed by atoms with Crippen molar-refractivity contribution in [3.8, 4) is 0 Å². The number of carbonyl (C=O) groups excluding carboxylic acids is 1. The number of hydrogen-bond donors (Lipinski definition) is 2. The summed E-state index contributed by atoms with van der Waals surface area (Å²) in [5.74, 6) is 0.252. The first-order valence-electron chi connectivity index (χ1n) is 7.29. The topological polar surface area (TPSA) is 52.6 Å². The number of amides is 1. The van der Waals surface area contributed by atoms with Crippen molar-refractivity contribution >= 4 is 5.91 Å². The minimum atomic E-state index is -0.279. The molecule has 1 amide bonds. The van der Waals surface area contributed by atoms with Gasteiger partial charge in [0.05, 0.1) is 0 Å². The Morgan fingerprint density at radius 2 is 1.74 bits per heavy atom. The van der Waals surface area contributed by atoms with Crippen LogP contribution in [0, 0.1) is 10.8 Å². The summed E-state index contributed by atoms with van der Waals surface area (Å²) in [4.78, 5) is 14.1. The summed E-state index contributed by atoms with van der Waals surface area (Å²) >= 11 is 0. The molecule has 0 radical (unpaired) electrons. The Hall–Kier alpha value is -0.610. The van der Waals surface area contributed by atoms with Gasteiger partial charge in [0, 0.05) is 43.1 Å². The van der Waals surface area contributed by atoms with Crippen LogP contribution < -0.4 is 5.32 Å². The normalized spacial score (nSPS) is 18.7. The Kier molecular flexibility index (Phi) is 5.39. The highest BCUT2D eigenvalue weighted by Gasteiger charge is 2.30. The van der Waals surface area contributed by atoms with Crippen LogP contribution in [0.2, 0.25) is 0 Å². The van der Waals surface area contributed by atoms with Gasteiger partial charge in [-0.1, -0.05) is 34.6 Å². The van der Waals surface area contributed by atoms with E-state index in [-0.39, 0.29) is 23.3 Å². The van der Waals surface area contributed by atoms with Gasteiger partial charge in [-0.3, -0.25) is 4.79 Å². The molecule has 1 heterocycles. The number of aliphatic hydroxyl groups excluding tert-OH is 1. The van der Waals surface area contributed by atoms with E-state index in [1.807, 2.05) is 25.7 Å². The highest BCUT2D eigenvalue weighted by Crippen LogP contribution is 2.21. The van der Waals surface area contributed by atoms with Gasteiger partial charge in [-0.2, -0.15) is 0 Å². The van der Waals surface area contributed by atoms with Crippen LogP contribution in [0.1, 0.15) is 47.5 Å². The van der Waals surface area contributed by atoms with Crippen molar-refractivity contribution in [2.75, 3.05) is 26.2 Å². The van der Waals surface area contributed by atoms with E-state index in [2.05, 4.69) is 19.2 Å². The lowest BCUT2D eigenvalue weighted by atomic mass is 9.92. The number of aliphatic hydroxyl groups is 1. The van der Waals surface area contributed by atoms with E-state index in [1.165, 1.54) is 0 Å². The molecule has 0 aliphatic carbocycles. The highest BCUT2D eigenvalue weighted by atomic mass is 16.3. The summed E-state index contributed by atoms with van der Waals surface area (Å²) in [6.45, 7) is 12.7. The third kappa shape index (κ3) is 5.11. The van der Waals surface area contributed by atoms with E-state index in [1.54, 1.807) is 0 Å². The predicted molar refractivity (Wildman–Crippen MR) is 77.9 cm³/mol. The molecule has 1 aliphatic heterocycles. The first-order valence-corrected chi connectivity index (χ1v) is 7.29. The van der Waals surface area contributed by atoms with Crippen LogP contribution >= 0.6 is 0 Å². The lowest BCUT2D eigenvalue weighted by Crippen LogP contribution is -2.49. The molecule has 0 bridgehead atoms. The lowest BCUT2D eigenvalue weighted by Gasteiger charge is -2.37. The molecule has 1 rings (SSSR count). The number of hydrogen-bond acceptors (Lipinski definition) is 3. The molecular formula is C15H30N2O2. The molecular weight excluding hydrogens is 240 g/mol. The predicted octanol–water partition coefficient (Wildman–Crippen LogP) is 1.63. The van der Waals surface area contributed by atoms with Crippen molar-refractivity contribution < 1.29 is 9.90 Å². The monoisotopic (exact) mass is 270 g/mol. The van der Waals surface area contributed by atoms with Crippen LogP contribution in [0.15, 0.2) is 0 Å². The van der Waals surface area contributed by atoms with E-state index < -0.39 is 0 Å². The minimum absolute atomic E-state index is 0.0711. The van der Waals surface area contributed by atoms with Crippen LogP contribution in [0.4, 0.5) is 0 Å². The van der Waals surface area contributed by atoms with Crippen LogP contribution in [0.25, 0.3) is 0 Å². The van der Waals surface area contributed by atoms with E-state index in [0.717, 1.165) is 32.5 Å². The molecule has 0 spiro atoms. The van der Waals surface area contributed by atoms with E-state index in [0.29, 0.717) is 6.04 Å². The first kappa shape index (κ1) is 16.4. The summed E-state index contributed by atoms with van der Waals surface area (Å²) < 4.78 is 0. The summed E-state index contributed by atoms with van der Waals surface area (Å²) in [5.41, 5.74) is -0.350. The van der Waals surface area contributed by atoms with Gasteiger partial charge in [0.25, 0.3) is 0 Å². The number of piperidine rings is 1. The van der Waals surface area contributed by atoms with Gasteiger partial charge in [0.1, 0.15) is 0 Å². The number of rotatable bonds is 4. The Labute approximate surface area is 117 Å². The molecule has 19 heavy (non-hydrogen) atoms. The molecule has 0 aromatic heterocycles. The Balaban J connectivity index is 2.36. The van der Waals surface area contributed by atoms with Crippen molar-refractivity contribution in [1.29, 1.82) is 0 Å². The molecule has 2 N–H and O–H groups in total. The van der Waals surface area contributed by atoms with Crippen molar-refractivity contribution in [3.63, 3.8) is 0 Å². The van der Waals surface area contributed by atoms with Crippen molar-refractivity contribution in [2.24, 2.45) is 10.8 Å². The van der Waals surface area contributed by atoms with Gasteiger partial charge >= 0.3 is 0 Å². The summed E-state index contributed by atoms with van der Waals surface area (Å²) in [6, 6.07) is 0.467. The van der Waals surface area contributed by atoms with E-state index >= 15 is 0 Å². The van der Waals surface area contributed by atoms with Crippen LogP contribution in [0.5, 0.6) is 0 Å². The Morgan fingerprint density at radius 3 is 2.16 bits per heavy atom.